The Morgan fingerprint density at radius 2 is 2.26 bits per heavy atom. The maximum atomic E-state index is 11.4. The quantitative estimate of drug-likeness (QED) is 0.879. The molecule has 8 heteroatoms. The summed E-state index contributed by atoms with van der Waals surface area (Å²) in [6, 6.07) is 4.58. The van der Waals surface area contributed by atoms with Crippen molar-refractivity contribution in [2.24, 2.45) is 0 Å². The molecular weight excluding hydrogens is 337 g/mol. The van der Waals surface area contributed by atoms with E-state index in [2.05, 4.69) is 26.0 Å². The minimum atomic E-state index is -2.18. The molecule has 2 aromatic rings. The number of rotatable bonds is 4. The Labute approximate surface area is 121 Å². The standard InChI is InChI=1S/C11H9BrClN3O3/c12-7-1-2-8(9(13)3-7)11(19,10(17)18)4-16-6-14-5-15-16/h1-3,5-6,19H,4H2,(H,17,18)/t11-/m1/s1. The van der Waals surface area contributed by atoms with Crippen molar-refractivity contribution >= 4 is 33.5 Å². The molecule has 0 bridgehead atoms. The van der Waals surface area contributed by atoms with Crippen LogP contribution in [0.3, 0.4) is 0 Å². The van der Waals surface area contributed by atoms with Crippen molar-refractivity contribution in [1.29, 1.82) is 0 Å². The summed E-state index contributed by atoms with van der Waals surface area (Å²) in [6.07, 6.45) is 2.58. The van der Waals surface area contributed by atoms with E-state index in [1.165, 1.54) is 29.5 Å². The van der Waals surface area contributed by atoms with E-state index in [1.54, 1.807) is 6.07 Å². The number of carbonyl (C=O) groups is 1. The van der Waals surface area contributed by atoms with Gasteiger partial charge in [0.2, 0.25) is 5.60 Å². The number of hydrogen-bond donors (Lipinski definition) is 2. The first-order valence-corrected chi connectivity index (χ1v) is 6.34. The zero-order valence-corrected chi connectivity index (χ0v) is 11.8. The summed E-state index contributed by atoms with van der Waals surface area (Å²) in [5, 5.41) is 23.7. The topological polar surface area (TPSA) is 88.2 Å². The van der Waals surface area contributed by atoms with E-state index in [4.69, 9.17) is 11.6 Å². The minimum absolute atomic E-state index is 0.0976. The Kier molecular flexibility index (Phi) is 3.88. The molecular formula is C11H9BrClN3O3. The average molecular weight is 347 g/mol. The molecule has 100 valence electrons. The SMILES string of the molecule is O=C(O)[C@@](O)(Cn1cncn1)c1ccc(Br)cc1Cl. The summed E-state index contributed by atoms with van der Waals surface area (Å²) < 4.78 is 1.92. The van der Waals surface area contributed by atoms with E-state index in [0.717, 1.165) is 0 Å². The lowest BCUT2D eigenvalue weighted by Gasteiger charge is -2.24. The van der Waals surface area contributed by atoms with E-state index in [-0.39, 0.29) is 17.1 Å². The summed E-state index contributed by atoms with van der Waals surface area (Å²) in [5.41, 5.74) is -2.08. The van der Waals surface area contributed by atoms with Crippen molar-refractivity contribution in [3.8, 4) is 0 Å². The Morgan fingerprint density at radius 3 is 2.79 bits per heavy atom. The van der Waals surface area contributed by atoms with Gasteiger partial charge in [-0.25, -0.2) is 14.5 Å². The number of carboxylic acids is 1. The van der Waals surface area contributed by atoms with Crippen LogP contribution in [-0.2, 0) is 16.9 Å². The first kappa shape index (κ1) is 14.0. The van der Waals surface area contributed by atoms with Crippen LogP contribution in [0.1, 0.15) is 5.56 Å². The fourth-order valence-corrected chi connectivity index (χ4v) is 2.47. The van der Waals surface area contributed by atoms with Crippen molar-refractivity contribution < 1.29 is 15.0 Å². The van der Waals surface area contributed by atoms with Crippen LogP contribution in [0, 0.1) is 0 Å². The molecule has 0 aliphatic heterocycles. The molecule has 0 radical (unpaired) electrons. The third-order valence-electron chi connectivity index (χ3n) is 2.59. The lowest BCUT2D eigenvalue weighted by atomic mass is 9.94. The number of hydrogen-bond acceptors (Lipinski definition) is 4. The van der Waals surface area contributed by atoms with Gasteiger partial charge < -0.3 is 10.2 Å². The normalized spacial score (nSPS) is 14.1. The van der Waals surface area contributed by atoms with Crippen molar-refractivity contribution in [3.63, 3.8) is 0 Å². The van der Waals surface area contributed by atoms with Crippen molar-refractivity contribution in [2.45, 2.75) is 12.1 Å². The average Bonchev–Trinajstić information content (AvgIpc) is 2.81. The van der Waals surface area contributed by atoms with Gasteiger partial charge in [0.05, 0.1) is 6.54 Å². The molecule has 0 aliphatic rings. The first-order chi connectivity index (χ1) is 8.93. The lowest BCUT2D eigenvalue weighted by Crippen LogP contribution is -2.40. The van der Waals surface area contributed by atoms with Crippen LogP contribution in [-0.4, -0.2) is 30.9 Å². The predicted octanol–water partition coefficient (Wildman–Crippen LogP) is 1.67. The molecule has 1 heterocycles. The smallest absolute Gasteiger partial charge is 0.342 e. The molecule has 0 saturated carbocycles. The Morgan fingerprint density at radius 1 is 1.53 bits per heavy atom. The minimum Gasteiger partial charge on any atom is -0.479 e. The van der Waals surface area contributed by atoms with Crippen molar-refractivity contribution in [2.75, 3.05) is 0 Å². The van der Waals surface area contributed by atoms with Crippen LogP contribution in [0.4, 0.5) is 0 Å². The molecule has 0 amide bonds. The van der Waals surface area contributed by atoms with Crippen LogP contribution >= 0.6 is 27.5 Å². The van der Waals surface area contributed by atoms with Gasteiger partial charge in [0, 0.05) is 15.1 Å². The van der Waals surface area contributed by atoms with Gasteiger partial charge in [-0.1, -0.05) is 33.6 Å². The monoisotopic (exact) mass is 345 g/mol. The van der Waals surface area contributed by atoms with E-state index < -0.39 is 11.6 Å². The highest BCUT2D eigenvalue weighted by Gasteiger charge is 2.40. The molecule has 6 nitrogen and oxygen atoms in total. The van der Waals surface area contributed by atoms with Crippen molar-refractivity contribution in [1.82, 2.24) is 14.8 Å². The summed E-state index contributed by atoms with van der Waals surface area (Å²) in [7, 11) is 0. The van der Waals surface area contributed by atoms with E-state index in [9.17, 15) is 15.0 Å². The number of aliphatic carboxylic acids is 1. The molecule has 1 atom stereocenters. The van der Waals surface area contributed by atoms with E-state index in [1.807, 2.05) is 0 Å². The van der Waals surface area contributed by atoms with Crippen LogP contribution in [0.5, 0.6) is 0 Å². The highest BCUT2D eigenvalue weighted by molar-refractivity contribution is 9.10. The van der Waals surface area contributed by atoms with Gasteiger partial charge in [0.25, 0.3) is 0 Å². The van der Waals surface area contributed by atoms with Gasteiger partial charge >= 0.3 is 5.97 Å². The maximum Gasteiger partial charge on any atom is 0.342 e. The third kappa shape index (κ3) is 2.78. The fourth-order valence-electron chi connectivity index (χ4n) is 1.64. The molecule has 0 fully saturated rings. The van der Waals surface area contributed by atoms with Crippen LogP contribution in [0.2, 0.25) is 5.02 Å². The number of benzene rings is 1. The second-order valence-electron chi connectivity index (χ2n) is 3.88. The van der Waals surface area contributed by atoms with Gasteiger partial charge in [-0.05, 0) is 12.1 Å². The Hall–Kier alpha value is -1.44. The summed E-state index contributed by atoms with van der Waals surface area (Å²) in [6.45, 7) is -0.288. The second-order valence-corrected chi connectivity index (χ2v) is 5.21. The number of carboxylic acid groups (broad SMARTS) is 1. The van der Waals surface area contributed by atoms with E-state index >= 15 is 0 Å². The molecule has 19 heavy (non-hydrogen) atoms. The van der Waals surface area contributed by atoms with Gasteiger partial charge in [-0.3, -0.25) is 0 Å². The van der Waals surface area contributed by atoms with Gasteiger partial charge in [0.1, 0.15) is 12.7 Å². The molecule has 2 rings (SSSR count). The summed E-state index contributed by atoms with van der Waals surface area (Å²) in [4.78, 5) is 15.1. The Balaban J connectivity index is 2.47. The van der Waals surface area contributed by atoms with E-state index in [0.29, 0.717) is 4.47 Å². The van der Waals surface area contributed by atoms with Gasteiger partial charge in [-0.2, -0.15) is 5.10 Å². The summed E-state index contributed by atoms with van der Waals surface area (Å²) >= 11 is 9.22. The Bertz CT molecular complexity index is 605. The highest BCUT2D eigenvalue weighted by Crippen LogP contribution is 2.32. The zero-order chi connectivity index (χ0) is 14.0. The molecule has 0 spiro atoms. The zero-order valence-electron chi connectivity index (χ0n) is 9.49. The second kappa shape index (κ2) is 5.28. The molecule has 1 aromatic carbocycles. The fraction of sp³-hybridized carbons (Fsp3) is 0.182. The largest absolute Gasteiger partial charge is 0.479 e. The maximum absolute atomic E-state index is 11.4. The predicted molar refractivity (Wildman–Crippen MR) is 70.7 cm³/mol. The van der Waals surface area contributed by atoms with Gasteiger partial charge in [-0.15, -0.1) is 0 Å². The first-order valence-electron chi connectivity index (χ1n) is 5.17. The molecule has 1 aromatic heterocycles. The molecule has 2 N–H and O–H groups in total. The number of aliphatic hydroxyl groups is 1. The number of aromatic nitrogens is 3. The van der Waals surface area contributed by atoms with Gasteiger partial charge in [0.15, 0.2) is 0 Å². The van der Waals surface area contributed by atoms with Crippen LogP contribution < -0.4 is 0 Å². The molecule has 0 aliphatic carbocycles. The molecule has 0 saturated heterocycles. The summed E-state index contributed by atoms with van der Waals surface area (Å²) in [5.74, 6) is -1.41. The third-order valence-corrected chi connectivity index (χ3v) is 3.39. The lowest BCUT2D eigenvalue weighted by molar-refractivity contribution is -0.161. The highest BCUT2D eigenvalue weighted by atomic mass is 79.9. The van der Waals surface area contributed by atoms with Crippen LogP contribution in [0.25, 0.3) is 0 Å². The van der Waals surface area contributed by atoms with Crippen molar-refractivity contribution in [3.05, 3.63) is 45.9 Å². The molecule has 0 unspecified atom stereocenters. The number of nitrogens with zero attached hydrogens (tertiary/aromatic N) is 3. The number of halogens is 2. The van der Waals surface area contributed by atoms with Crippen LogP contribution in [0.15, 0.2) is 35.3 Å².